The first-order chi connectivity index (χ1) is 10.3. The minimum absolute atomic E-state index is 0.598. The van der Waals surface area contributed by atoms with E-state index in [0.717, 1.165) is 23.8 Å². The Labute approximate surface area is 124 Å². The molecule has 0 unspecified atom stereocenters. The largest absolute Gasteiger partial charge is 0.298 e. The van der Waals surface area contributed by atoms with Gasteiger partial charge in [0, 0.05) is 23.5 Å². The number of hydrogen-bond acceptors (Lipinski definition) is 2. The number of nitrogens with zero attached hydrogens (tertiary/aromatic N) is 1. The van der Waals surface area contributed by atoms with Crippen molar-refractivity contribution >= 4 is 6.29 Å². The summed E-state index contributed by atoms with van der Waals surface area (Å²) in [5.74, 6) is 0. The van der Waals surface area contributed by atoms with Gasteiger partial charge < -0.3 is 0 Å². The van der Waals surface area contributed by atoms with Crippen LogP contribution in [0.1, 0.15) is 21.5 Å². The summed E-state index contributed by atoms with van der Waals surface area (Å²) in [5.41, 5.74) is 5.20. The van der Waals surface area contributed by atoms with Gasteiger partial charge in [-0.25, -0.2) is 0 Å². The molecule has 0 aliphatic rings. The third-order valence-corrected chi connectivity index (χ3v) is 3.43. The highest BCUT2D eigenvalue weighted by Crippen LogP contribution is 2.20. The minimum atomic E-state index is 0.598. The summed E-state index contributed by atoms with van der Waals surface area (Å²) in [5, 5.41) is 0. The second-order valence-electron chi connectivity index (χ2n) is 4.98. The van der Waals surface area contributed by atoms with Gasteiger partial charge in [0.1, 0.15) is 0 Å². The Morgan fingerprint density at radius 1 is 0.810 bits per heavy atom. The third-order valence-electron chi connectivity index (χ3n) is 3.43. The van der Waals surface area contributed by atoms with Crippen molar-refractivity contribution in [3.05, 3.63) is 89.7 Å². The zero-order chi connectivity index (χ0) is 14.5. The molecule has 0 saturated carbocycles. The van der Waals surface area contributed by atoms with Crippen molar-refractivity contribution in [2.75, 3.05) is 0 Å². The van der Waals surface area contributed by atoms with Gasteiger partial charge in [-0.2, -0.15) is 0 Å². The monoisotopic (exact) mass is 273 g/mol. The molecule has 2 heteroatoms. The molecule has 0 aliphatic heterocycles. The first kappa shape index (κ1) is 13.3. The van der Waals surface area contributed by atoms with E-state index in [9.17, 15) is 4.79 Å². The second kappa shape index (κ2) is 6.14. The molecular formula is C19H15NO. The van der Waals surface area contributed by atoms with Crippen LogP contribution in [-0.2, 0) is 6.42 Å². The topological polar surface area (TPSA) is 30.0 Å². The van der Waals surface area contributed by atoms with Crippen molar-refractivity contribution in [3.8, 4) is 11.1 Å². The zero-order valence-electron chi connectivity index (χ0n) is 11.6. The summed E-state index contributed by atoms with van der Waals surface area (Å²) >= 11 is 0. The Morgan fingerprint density at radius 2 is 1.52 bits per heavy atom. The smallest absolute Gasteiger partial charge is 0.151 e. The standard InChI is InChI=1S/C19H15NO/c21-14-17-11-19(13-20-12-17)18-8-6-16(7-9-18)10-15-4-2-1-3-5-15/h1-9,11-14H,10H2. The average molecular weight is 273 g/mol. The lowest BCUT2D eigenvalue weighted by atomic mass is 10.0. The molecule has 0 fully saturated rings. The molecule has 21 heavy (non-hydrogen) atoms. The summed E-state index contributed by atoms with van der Waals surface area (Å²) in [7, 11) is 0. The van der Waals surface area contributed by atoms with Gasteiger partial charge >= 0.3 is 0 Å². The van der Waals surface area contributed by atoms with Crippen LogP contribution in [0.2, 0.25) is 0 Å². The number of aromatic nitrogens is 1. The van der Waals surface area contributed by atoms with Gasteiger partial charge in [-0.05, 0) is 29.2 Å². The summed E-state index contributed by atoms with van der Waals surface area (Å²) in [6.45, 7) is 0. The van der Waals surface area contributed by atoms with Crippen LogP contribution in [0.3, 0.4) is 0 Å². The third kappa shape index (κ3) is 3.23. The lowest BCUT2D eigenvalue weighted by molar-refractivity contribution is 0.112. The predicted octanol–water partition coefficient (Wildman–Crippen LogP) is 4.15. The van der Waals surface area contributed by atoms with E-state index in [0.29, 0.717) is 5.56 Å². The minimum Gasteiger partial charge on any atom is -0.298 e. The van der Waals surface area contributed by atoms with Gasteiger partial charge in [-0.1, -0.05) is 54.6 Å². The number of benzene rings is 2. The van der Waals surface area contributed by atoms with Gasteiger partial charge in [-0.15, -0.1) is 0 Å². The Kier molecular flexibility index (Phi) is 3.88. The van der Waals surface area contributed by atoms with E-state index in [-0.39, 0.29) is 0 Å². The Bertz CT molecular complexity index is 733. The highest BCUT2D eigenvalue weighted by atomic mass is 16.1. The van der Waals surface area contributed by atoms with Gasteiger partial charge in [0.25, 0.3) is 0 Å². The van der Waals surface area contributed by atoms with E-state index in [1.807, 2.05) is 12.1 Å². The maximum absolute atomic E-state index is 10.8. The maximum atomic E-state index is 10.8. The maximum Gasteiger partial charge on any atom is 0.151 e. The highest BCUT2D eigenvalue weighted by Gasteiger charge is 2.01. The van der Waals surface area contributed by atoms with E-state index in [1.54, 1.807) is 12.4 Å². The number of aldehydes is 1. The molecule has 0 atom stereocenters. The molecule has 2 aromatic carbocycles. The van der Waals surface area contributed by atoms with Gasteiger partial charge in [0.15, 0.2) is 6.29 Å². The molecule has 3 aromatic rings. The fraction of sp³-hybridized carbons (Fsp3) is 0.0526. The summed E-state index contributed by atoms with van der Waals surface area (Å²) in [4.78, 5) is 14.9. The molecule has 102 valence electrons. The molecule has 1 heterocycles. The van der Waals surface area contributed by atoms with Crippen molar-refractivity contribution < 1.29 is 4.79 Å². The van der Waals surface area contributed by atoms with Crippen LogP contribution in [-0.4, -0.2) is 11.3 Å². The van der Waals surface area contributed by atoms with Gasteiger partial charge in [0.2, 0.25) is 0 Å². The predicted molar refractivity (Wildman–Crippen MR) is 84.3 cm³/mol. The molecule has 2 nitrogen and oxygen atoms in total. The van der Waals surface area contributed by atoms with Crippen molar-refractivity contribution in [1.29, 1.82) is 0 Å². The van der Waals surface area contributed by atoms with Crippen LogP contribution in [0.25, 0.3) is 11.1 Å². The average Bonchev–Trinajstić information content (AvgIpc) is 2.56. The first-order valence-electron chi connectivity index (χ1n) is 6.88. The fourth-order valence-electron chi connectivity index (χ4n) is 2.33. The van der Waals surface area contributed by atoms with Crippen molar-refractivity contribution in [2.45, 2.75) is 6.42 Å². The van der Waals surface area contributed by atoms with Gasteiger partial charge in [-0.3, -0.25) is 9.78 Å². The number of hydrogen-bond donors (Lipinski definition) is 0. The Morgan fingerprint density at radius 3 is 2.24 bits per heavy atom. The van der Waals surface area contributed by atoms with Crippen molar-refractivity contribution in [1.82, 2.24) is 4.98 Å². The number of rotatable bonds is 4. The molecular weight excluding hydrogens is 258 g/mol. The molecule has 1 aromatic heterocycles. The molecule has 0 radical (unpaired) electrons. The van der Waals surface area contributed by atoms with E-state index in [2.05, 4.69) is 53.5 Å². The van der Waals surface area contributed by atoms with E-state index in [4.69, 9.17) is 0 Å². The van der Waals surface area contributed by atoms with E-state index in [1.165, 1.54) is 11.1 Å². The molecule has 0 N–H and O–H groups in total. The van der Waals surface area contributed by atoms with Crippen LogP contribution in [0, 0.1) is 0 Å². The summed E-state index contributed by atoms with van der Waals surface area (Å²) in [6, 6.07) is 20.6. The number of carbonyl (C=O) groups excluding carboxylic acids is 1. The Hall–Kier alpha value is -2.74. The quantitative estimate of drug-likeness (QED) is 0.668. The van der Waals surface area contributed by atoms with Crippen LogP contribution >= 0.6 is 0 Å². The lowest BCUT2D eigenvalue weighted by Gasteiger charge is -2.05. The highest BCUT2D eigenvalue weighted by molar-refractivity contribution is 5.77. The van der Waals surface area contributed by atoms with Crippen LogP contribution in [0.5, 0.6) is 0 Å². The SMILES string of the molecule is O=Cc1cncc(-c2ccc(Cc3ccccc3)cc2)c1. The molecule has 0 aliphatic carbocycles. The van der Waals surface area contributed by atoms with Crippen molar-refractivity contribution in [3.63, 3.8) is 0 Å². The number of carbonyl (C=O) groups is 1. The zero-order valence-corrected chi connectivity index (χ0v) is 11.6. The van der Waals surface area contributed by atoms with Crippen molar-refractivity contribution in [2.24, 2.45) is 0 Å². The molecule has 3 rings (SSSR count). The lowest BCUT2D eigenvalue weighted by Crippen LogP contribution is -1.89. The second-order valence-corrected chi connectivity index (χ2v) is 4.98. The van der Waals surface area contributed by atoms with Crippen LogP contribution < -0.4 is 0 Å². The summed E-state index contributed by atoms with van der Waals surface area (Å²) < 4.78 is 0. The molecule has 0 bridgehead atoms. The first-order valence-corrected chi connectivity index (χ1v) is 6.88. The van der Waals surface area contributed by atoms with E-state index < -0.39 is 0 Å². The molecule has 0 saturated heterocycles. The molecule has 0 spiro atoms. The normalized spacial score (nSPS) is 10.3. The molecule has 0 amide bonds. The fourth-order valence-corrected chi connectivity index (χ4v) is 2.33. The van der Waals surface area contributed by atoms with Crippen LogP contribution in [0.4, 0.5) is 0 Å². The van der Waals surface area contributed by atoms with Crippen LogP contribution in [0.15, 0.2) is 73.1 Å². The summed E-state index contributed by atoms with van der Waals surface area (Å²) in [6.07, 6.45) is 5.09. The van der Waals surface area contributed by atoms with E-state index >= 15 is 0 Å². The van der Waals surface area contributed by atoms with Gasteiger partial charge in [0.05, 0.1) is 0 Å². The Balaban J connectivity index is 1.82. The number of pyridine rings is 1.